The number of halogens is 1. The zero-order chi connectivity index (χ0) is 14.8. The Hall–Kier alpha value is -1.79. The highest BCUT2D eigenvalue weighted by Crippen LogP contribution is 2.25. The maximum atomic E-state index is 12.4. The average molecular weight is 326 g/mol. The van der Waals surface area contributed by atoms with Gasteiger partial charge in [-0.05, 0) is 31.2 Å². The SMILES string of the molecule is CCOC(=O)c1ccc(N2CC3CNCCN3C2=O)cc1.Cl. The van der Waals surface area contributed by atoms with E-state index in [0.717, 1.165) is 25.3 Å². The topological polar surface area (TPSA) is 61.9 Å². The van der Waals surface area contributed by atoms with Crippen LogP contribution in [0.25, 0.3) is 0 Å². The zero-order valence-electron chi connectivity index (χ0n) is 12.4. The van der Waals surface area contributed by atoms with Crippen molar-refractivity contribution in [1.82, 2.24) is 10.2 Å². The van der Waals surface area contributed by atoms with Gasteiger partial charge in [0.15, 0.2) is 0 Å². The number of nitrogens with one attached hydrogen (secondary N) is 1. The summed E-state index contributed by atoms with van der Waals surface area (Å²) in [6.07, 6.45) is 0. The van der Waals surface area contributed by atoms with Crippen molar-refractivity contribution < 1.29 is 14.3 Å². The van der Waals surface area contributed by atoms with E-state index in [-0.39, 0.29) is 30.4 Å². The van der Waals surface area contributed by atoms with Crippen LogP contribution in [0.15, 0.2) is 24.3 Å². The van der Waals surface area contributed by atoms with Crippen LogP contribution in [0, 0.1) is 0 Å². The predicted octanol–water partition coefficient (Wildman–Crippen LogP) is 1.50. The molecule has 1 atom stereocenters. The molecule has 120 valence electrons. The van der Waals surface area contributed by atoms with Crippen LogP contribution in [0.2, 0.25) is 0 Å². The third-order valence-corrected chi connectivity index (χ3v) is 3.91. The van der Waals surface area contributed by atoms with E-state index in [0.29, 0.717) is 18.7 Å². The molecule has 3 rings (SSSR count). The minimum atomic E-state index is -0.335. The van der Waals surface area contributed by atoms with Gasteiger partial charge in [0, 0.05) is 31.9 Å². The van der Waals surface area contributed by atoms with Gasteiger partial charge in [-0.1, -0.05) is 0 Å². The van der Waals surface area contributed by atoms with Crippen molar-refractivity contribution in [3.05, 3.63) is 29.8 Å². The third-order valence-electron chi connectivity index (χ3n) is 3.91. The van der Waals surface area contributed by atoms with Crippen molar-refractivity contribution >= 4 is 30.1 Å². The van der Waals surface area contributed by atoms with Crippen LogP contribution in [0.1, 0.15) is 17.3 Å². The number of hydrogen-bond donors (Lipinski definition) is 1. The van der Waals surface area contributed by atoms with Gasteiger partial charge < -0.3 is 15.0 Å². The molecule has 2 fully saturated rings. The molecule has 7 heteroatoms. The Balaban J connectivity index is 0.00000176. The number of amides is 2. The van der Waals surface area contributed by atoms with Crippen LogP contribution in [0.5, 0.6) is 0 Å². The first kappa shape index (κ1) is 16.6. The Kier molecular flexibility index (Phi) is 5.26. The lowest BCUT2D eigenvalue weighted by molar-refractivity contribution is 0.0526. The normalized spacial score (nSPS) is 20.4. The number of benzene rings is 1. The molecule has 2 amide bonds. The smallest absolute Gasteiger partial charge is 0.338 e. The summed E-state index contributed by atoms with van der Waals surface area (Å²) in [5.74, 6) is -0.335. The van der Waals surface area contributed by atoms with Crippen LogP contribution in [0.4, 0.5) is 10.5 Å². The van der Waals surface area contributed by atoms with Crippen LogP contribution in [0.3, 0.4) is 0 Å². The molecule has 1 unspecified atom stereocenters. The van der Waals surface area contributed by atoms with Crippen LogP contribution < -0.4 is 10.2 Å². The van der Waals surface area contributed by atoms with E-state index < -0.39 is 0 Å². The molecule has 0 aliphatic carbocycles. The molecule has 2 aliphatic rings. The zero-order valence-corrected chi connectivity index (χ0v) is 13.3. The molecule has 0 aromatic heterocycles. The summed E-state index contributed by atoms with van der Waals surface area (Å²) >= 11 is 0. The van der Waals surface area contributed by atoms with E-state index in [1.54, 1.807) is 36.1 Å². The van der Waals surface area contributed by atoms with Gasteiger partial charge in [-0.25, -0.2) is 9.59 Å². The number of urea groups is 1. The van der Waals surface area contributed by atoms with Crippen LogP contribution in [-0.4, -0.2) is 55.7 Å². The van der Waals surface area contributed by atoms with Crippen molar-refractivity contribution in [3.8, 4) is 0 Å². The standard InChI is InChI=1S/C15H19N3O3.ClH/c1-2-21-14(19)11-3-5-12(6-4-11)18-10-13-9-16-7-8-17(13)15(18)20;/h3-6,13,16H,2,7-10H2,1H3;1H. The van der Waals surface area contributed by atoms with Gasteiger partial charge in [0.05, 0.1) is 18.2 Å². The molecule has 0 spiro atoms. The minimum Gasteiger partial charge on any atom is -0.462 e. The van der Waals surface area contributed by atoms with Gasteiger partial charge in [0.25, 0.3) is 0 Å². The summed E-state index contributed by atoms with van der Waals surface area (Å²) < 4.78 is 4.96. The molecule has 22 heavy (non-hydrogen) atoms. The molecule has 0 radical (unpaired) electrons. The summed E-state index contributed by atoms with van der Waals surface area (Å²) in [7, 11) is 0. The van der Waals surface area contributed by atoms with Gasteiger partial charge in [-0.2, -0.15) is 0 Å². The van der Waals surface area contributed by atoms with Crippen LogP contribution in [-0.2, 0) is 4.74 Å². The average Bonchev–Trinajstić information content (AvgIpc) is 2.85. The number of fused-ring (bicyclic) bond motifs is 1. The minimum absolute atomic E-state index is 0. The number of anilines is 1. The second kappa shape index (κ2) is 6.98. The van der Waals surface area contributed by atoms with Gasteiger partial charge in [0.2, 0.25) is 0 Å². The number of ether oxygens (including phenoxy) is 1. The fraction of sp³-hybridized carbons (Fsp3) is 0.467. The molecule has 2 heterocycles. The molecule has 2 saturated heterocycles. The lowest BCUT2D eigenvalue weighted by Crippen LogP contribution is -2.49. The summed E-state index contributed by atoms with van der Waals surface area (Å²) in [5.41, 5.74) is 1.33. The van der Waals surface area contributed by atoms with Crippen LogP contribution >= 0.6 is 12.4 Å². The number of carbonyl (C=O) groups excluding carboxylic acids is 2. The summed E-state index contributed by atoms with van der Waals surface area (Å²) in [4.78, 5) is 27.7. The first-order valence-electron chi connectivity index (χ1n) is 7.26. The van der Waals surface area contributed by atoms with Crippen molar-refractivity contribution in [1.29, 1.82) is 0 Å². The highest BCUT2D eigenvalue weighted by atomic mass is 35.5. The fourth-order valence-electron chi connectivity index (χ4n) is 2.83. The third kappa shape index (κ3) is 3.03. The van der Waals surface area contributed by atoms with Gasteiger partial charge in [0.1, 0.15) is 0 Å². The molecule has 2 aliphatic heterocycles. The Labute approximate surface area is 135 Å². The molecule has 1 aromatic rings. The van der Waals surface area contributed by atoms with Gasteiger partial charge in [-0.15, -0.1) is 12.4 Å². The molecule has 1 N–H and O–H groups in total. The largest absolute Gasteiger partial charge is 0.462 e. The molecular formula is C15H20ClN3O3. The lowest BCUT2D eigenvalue weighted by Gasteiger charge is -2.28. The lowest BCUT2D eigenvalue weighted by atomic mass is 10.2. The number of hydrogen-bond acceptors (Lipinski definition) is 4. The van der Waals surface area contributed by atoms with Crippen molar-refractivity contribution in [2.45, 2.75) is 13.0 Å². The fourth-order valence-corrected chi connectivity index (χ4v) is 2.83. The molecule has 6 nitrogen and oxygen atoms in total. The van der Waals surface area contributed by atoms with E-state index in [1.807, 2.05) is 4.90 Å². The van der Waals surface area contributed by atoms with E-state index in [1.165, 1.54) is 0 Å². The maximum Gasteiger partial charge on any atom is 0.338 e. The first-order valence-corrected chi connectivity index (χ1v) is 7.26. The quantitative estimate of drug-likeness (QED) is 0.856. The highest BCUT2D eigenvalue weighted by molar-refractivity contribution is 5.96. The predicted molar refractivity (Wildman–Crippen MR) is 85.8 cm³/mol. The van der Waals surface area contributed by atoms with Crippen molar-refractivity contribution in [2.24, 2.45) is 0 Å². The van der Waals surface area contributed by atoms with Gasteiger partial charge in [-0.3, -0.25) is 4.90 Å². The summed E-state index contributed by atoms with van der Waals surface area (Å²) in [6.45, 7) is 5.25. The Morgan fingerprint density at radius 3 is 2.73 bits per heavy atom. The Bertz CT molecular complexity index is 549. The molecule has 0 saturated carbocycles. The monoisotopic (exact) mass is 325 g/mol. The van der Waals surface area contributed by atoms with Gasteiger partial charge >= 0.3 is 12.0 Å². The molecular weight excluding hydrogens is 306 g/mol. The number of piperazine rings is 1. The number of rotatable bonds is 3. The Morgan fingerprint density at radius 1 is 1.36 bits per heavy atom. The molecule has 1 aromatic carbocycles. The van der Waals surface area contributed by atoms with Crippen molar-refractivity contribution in [2.75, 3.05) is 37.7 Å². The molecule has 0 bridgehead atoms. The summed E-state index contributed by atoms with van der Waals surface area (Å²) in [6, 6.07) is 7.29. The number of carbonyl (C=O) groups is 2. The van der Waals surface area contributed by atoms with E-state index in [9.17, 15) is 9.59 Å². The Morgan fingerprint density at radius 2 is 2.09 bits per heavy atom. The maximum absolute atomic E-state index is 12.4. The number of nitrogens with zero attached hydrogens (tertiary/aromatic N) is 2. The van der Waals surface area contributed by atoms with E-state index in [2.05, 4.69) is 5.32 Å². The van der Waals surface area contributed by atoms with E-state index >= 15 is 0 Å². The van der Waals surface area contributed by atoms with Crippen molar-refractivity contribution in [3.63, 3.8) is 0 Å². The number of esters is 1. The first-order chi connectivity index (χ1) is 10.2. The highest BCUT2D eigenvalue weighted by Gasteiger charge is 2.38. The second-order valence-corrected chi connectivity index (χ2v) is 5.21. The summed E-state index contributed by atoms with van der Waals surface area (Å²) in [5, 5.41) is 3.31. The van der Waals surface area contributed by atoms with E-state index in [4.69, 9.17) is 4.74 Å². The second-order valence-electron chi connectivity index (χ2n) is 5.21.